The van der Waals surface area contributed by atoms with Gasteiger partial charge in [-0.15, -0.1) is 0 Å². The predicted molar refractivity (Wildman–Crippen MR) is 148 cm³/mol. The van der Waals surface area contributed by atoms with Crippen molar-refractivity contribution in [1.29, 1.82) is 0 Å². The summed E-state index contributed by atoms with van der Waals surface area (Å²) in [5, 5.41) is 0. The summed E-state index contributed by atoms with van der Waals surface area (Å²) in [6.07, 6.45) is 0. The number of Topliss-reactive ketones (excluding diaryl/α,β-unsaturated/α-hetero) is 1. The lowest BCUT2D eigenvalue weighted by atomic mass is 9.55. The Labute approximate surface area is 232 Å². The van der Waals surface area contributed by atoms with Gasteiger partial charge in [0.05, 0.1) is 38.1 Å². The van der Waals surface area contributed by atoms with Gasteiger partial charge in [-0.2, -0.15) is 0 Å². The molecule has 0 aliphatic heterocycles. The summed E-state index contributed by atoms with van der Waals surface area (Å²) in [6.45, 7) is 0. The normalized spacial score (nSPS) is 31.7. The van der Waals surface area contributed by atoms with Gasteiger partial charge < -0.3 is 18.9 Å². The number of alkyl halides is 2. The van der Waals surface area contributed by atoms with Gasteiger partial charge in [0.15, 0.2) is 5.78 Å². The van der Waals surface area contributed by atoms with Crippen LogP contribution in [0.5, 0.6) is 23.0 Å². The first-order valence-corrected chi connectivity index (χ1v) is 14.2. The predicted octanol–water partition coefficient (Wildman–Crippen LogP) is 6.29. The van der Waals surface area contributed by atoms with Crippen molar-refractivity contribution in [1.82, 2.24) is 0 Å². The molecule has 37 heavy (non-hydrogen) atoms. The summed E-state index contributed by atoms with van der Waals surface area (Å²) in [6, 6.07) is 16.6. The van der Waals surface area contributed by atoms with E-state index in [1.165, 1.54) is 11.1 Å². The van der Waals surface area contributed by atoms with E-state index in [0.717, 1.165) is 45.3 Å². The maximum atomic E-state index is 14.0. The third kappa shape index (κ3) is 2.53. The van der Waals surface area contributed by atoms with E-state index in [9.17, 15) is 4.79 Å². The monoisotopic (exact) mass is 624 g/mol. The van der Waals surface area contributed by atoms with Crippen LogP contribution in [0.15, 0.2) is 48.5 Å². The van der Waals surface area contributed by atoms with E-state index in [4.69, 9.17) is 18.9 Å². The van der Waals surface area contributed by atoms with Crippen LogP contribution in [-0.2, 0) is 4.79 Å². The number of halogens is 2. The molecular formula is C30H26Br2O5. The zero-order valence-corrected chi connectivity index (χ0v) is 24.1. The highest BCUT2D eigenvalue weighted by Crippen LogP contribution is 2.84. The first-order chi connectivity index (χ1) is 18.0. The lowest BCUT2D eigenvalue weighted by molar-refractivity contribution is -0.122. The van der Waals surface area contributed by atoms with E-state index in [1.54, 1.807) is 28.4 Å². The zero-order chi connectivity index (χ0) is 25.8. The molecule has 5 nitrogen and oxygen atoms in total. The van der Waals surface area contributed by atoms with Gasteiger partial charge in [-0.25, -0.2) is 0 Å². The molecule has 0 N–H and O–H groups in total. The Morgan fingerprint density at radius 3 is 1.30 bits per heavy atom. The molecule has 1 saturated carbocycles. The summed E-state index contributed by atoms with van der Waals surface area (Å²) >= 11 is 7.83. The number of methoxy groups -OCH3 is 4. The van der Waals surface area contributed by atoms with Gasteiger partial charge >= 0.3 is 0 Å². The fourth-order valence-electron chi connectivity index (χ4n) is 8.39. The number of carbonyl (C=O) groups excluding carboxylic acids is 1. The highest BCUT2D eigenvalue weighted by molar-refractivity contribution is 9.10. The van der Waals surface area contributed by atoms with Crippen LogP contribution in [0.25, 0.3) is 0 Å². The van der Waals surface area contributed by atoms with Gasteiger partial charge in [0.2, 0.25) is 0 Å². The van der Waals surface area contributed by atoms with Crippen LogP contribution in [0.4, 0.5) is 0 Å². The SMILES string of the molecule is COc1ccc(OC)c2c1[C@H]1c3ccccc3[C@@H]3c4c(OC)ccc(OC)c4[C@H]4[C@H](Br)C(=O)[C@@H](Br)[C@H]2C134. The second kappa shape index (κ2) is 8.00. The standard InChI is InChI=1S/C30H26Br2O5/c1-34-15-9-11-17(36-3)21-19(15)23-13-7-5-6-8-14(13)24-20-16(35-2)10-12-18(37-4)22(20)26-28(32)29(33)27(31)25(21)30(23,24)26/h5-12,23-28H,1-4H3/t23-,24-,25+,26+,27+,28+,30?/m1/s1. The fourth-order valence-corrected chi connectivity index (χ4v) is 10.8. The Morgan fingerprint density at radius 1 is 0.595 bits per heavy atom. The van der Waals surface area contributed by atoms with Crippen molar-refractivity contribution in [3.63, 3.8) is 0 Å². The van der Waals surface area contributed by atoms with Crippen LogP contribution in [0, 0.1) is 5.41 Å². The van der Waals surface area contributed by atoms with Gasteiger partial charge in [-0.1, -0.05) is 56.1 Å². The Morgan fingerprint density at radius 2 is 0.946 bits per heavy atom. The second-order valence-corrected chi connectivity index (χ2v) is 12.2. The molecular weight excluding hydrogens is 600 g/mol. The van der Waals surface area contributed by atoms with Crippen LogP contribution < -0.4 is 18.9 Å². The minimum Gasteiger partial charge on any atom is -0.496 e. The maximum Gasteiger partial charge on any atom is 0.161 e. The molecule has 0 radical (unpaired) electrons. The van der Waals surface area contributed by atoms with Gasteiger partial charge in [-0.05, 0) is 35.4 Å². The van der Waals surface area contributed by atoms with Crippen LogP contribution in [0.2, 0.25) is 0 Å². The number of hydrogen-bond acceptors (Lipinski definition) is 5. The van der Waals surface area contributed by atoms with Crippen LogP contribution >= 0.6 is 31.9 Å². The summed E-state index contributed by atoms with van der Waals surface area (Å²) < 4.78 is 24.0. The first-order valence-electron chi connectivity index (χ1n) is 12.4. The van der Waals surface area contributed by atoms with Crippen molar-refractivity contribution in [3.8, 4) is 23.0 Å². The number of hydrogen-bond donors (Lipinski definition) is 0. The molecule has 0 aromatic heterocycles. The van der Waals surface area contributed by atoms with Crippen molar-refractivity contribution < 1.29 is 23.7 Å². The Kier molecular flexibility index (Phi) is 5.10. The third-order valence-corrected chi connectivity index (χ3v) is 11.3. The topological polar surface area (TPSA) is 54.0 Å². The maximum absolute atomic E-state index is 14.0. The number of benzene rings is 3. The number of ether oxygens (including phenoxy) is 4. The van der Waals surface area contributed by atoms with Gasteiger partial charge in [0, 0.05) is 51.3 Å². The smallest absolute Gasteiger partial charge is 0.161 e. The van der Waals surface area contributed by atoms with E-state index >= 15 is 0 Å². The molecule has 1 spiro atoms. The van der Waals surface area contributed by atoms with Crippen LogP contribution in [0.1, 0.15) is 57.1 Å². The lowest BCUT2D eigenvalue weighted by Crippen LogP contribution is -2.51. The molecule has 0 heterocycles. The lowest BCUT2D eigenvalue weighted by Gasteiger charge is -2.49. The summed E-state index contributed by atoms with van der Waals surface area (Å²) in [4.78, 5) is 13.2. The molecule has 0 amide bonds. The minimum atomic E-state index is -0.402. The molecule has 6 atom stereocenters. The van der Waals surface area contributed by atoms with E-state index in [2.05, 4.69) is 56.1 Å². The largest absolute Gasteiger partial charge is 0.496 e. The molecule has 0 bridgehead atoms. The number of ketones is 1. The van der Waals surface area contributed by atoms with E-state index in [0.29, 0.717) is 0 Å². The van der Waals surface area contributed by atoms with E-state index in [-0.39, 0.29) is 29.5 Å². The molecule has 4 aliphatic rings. The quantitative estimate of drug-likeness (QED) is 0.319. The first kappa shape index (κ1) is 23.6. The van der Waals surface area contributed by atoms with Crippen molar-refractivity contribution in [2.75, 3.05) is 28.4 Å². The number of fused-ring (bicyclic) bond motifs is 9. The number of rotatable bonds is 4. The summed E-state index contributed by atoms with van der Waals surface area (Å²) in [5.41, 5.74) is 6.53. The Hall–Kier alpha value is -2.51. The van der Waals surface area contributed by atoms with Gasteiger partial charge in [-0.3, -0.25) is 4.79 Å². The van der Waals surface area contributed by atoms with Crippen molar-refractivity contribution >= 4 is 37.6 Å². The molecule has 7 heteroatoms. The van der Waals surface area contributed by atoms with E-state index < -0.39 is 15.1 Å². The molecule has 0 unspecified atom stereocenters. The fraction of sp³-hybridized carbons (Fsp3) is 0.367. The van der Waals surface area contributed by atoms with Crippen molar-refractivity contribution in [2.24, 2.45) is 5.41 Å². The van der Waals surface area contributed by atoms with Crippen molar-refractivity contribution in [2.45, 2.75) is 33.3 Å². The highest BCUT2D eigenvalue weighted by Gasteiger charge is 2.76. The molecule has 3 aromatic carbocycles. The average molecular weight is 626 g/mol. The molecule has 0 saturated heterocycles. The average Bonchev–Trinajstić information content (AvgIpc) is 3.51. The molecule has 1 fully saturated rings. The Balaban J connectivity index is 1.69. The summed E-state index contributed by atoms with van der Waals surface area (Å²) in [7, 11) is 6.84. The third-order valence-electron chi connectivity index (χ3n) is 9.32. The molecule has 7 rings (SSSR count). The second-order valence-electron chi connectivity index (χ2n) is 10.3. The molecule has 3 aromatic rings. The minimum absolute atomic E-state index is 0.00115. The molecule has 4 aliphatic carbocycles. The van der Waals surface area contributed by atoms with Gasteiger partial charge in [0.25, 0.3) is 0 Å². The van der Waals surface area contributed by atoms with Gasteiger partial charge in [0.1, 0.15) is 23.0 Å². The van der Waals surface area contributed by atoms with Crippen LogP contribution in [0.3, 0.4) is 0 Å². The van der Waals surface area contributed by atoms with Crippen LogP contribution in [-0.4, -0.2) is 43.9 Å². The van der Waals surface area contributed by atoms with Crippen molar-refractivity contribution in [3.05, 3.63) is 81.9 Å². The zero-order valence-electron chi connectivity index (χ0n) is 20.9. The number of carbonyl (C=O) groups is 1. The summed E-state index contributed by atoms with van der Waals surface area (Å²) in [5.74, 6) is 3.06. The molecule has 190 valence electrons. The van der Waals surface area contributed by atoms with E-state index in [1.807, 2.05) is 24.3 Å². The highest BCUT2D eigenvalue weighted by atomic mass is 79.9. The Bertz CT molecular complexity index is 1370.